The monoisotopic (exact) mass is 262 g/mol. The molecule has 106 valence electrons. The molecular weight excluding hydrogens is 236 g/mol. The average Bonchev–Trinajstić information content (AvgIpc) is 3.01. The molecule has 5 unspecified atom stereocenters. The Morgan fingerprint density at radius 3 is 2.89 bits per heavy atom. The van der Waals surface area contributed by atoms with Crippen molar-refractivity contribution < 1.29 is 9.53 Å². The van der Waals surface area contributed by atoms with E-state index in [2.05, 4.69) is 19.1 Å². The van der Waals surface area contributed by atoms with Crippen LogP contribution in [0.1, 0.15) is 58.8 Å². The molecule has 2 bridgehead atoms. The van der Waals surface area contributed by atoms with Crippen LogP contribution in [0, 0.1) is 23.2 Å². The second kappa shape index (κ2) is 4.96. The highest BCUT2D eigenvalue weighted by Crippen LogP contribution is 2.59. The first-order valence-electron chi connectivity index (χ1n) is 8.04. The Balaban J connectivity index is 1.75. The first kappa shape index (κ1) is 13.2. The van der Waals surface area contributed by atoms with Crippen LogP contribution < -0.4 is 0 Å². The molecule has 0 aliphatic heterocycles. The zero-order chi connectivity index (χ0) is 13.5. The molecule has 3 rings (SSSR count). The largest absolute Gasteiger partial charge is 0.462 e. The molecule has 0 radical (unpaired) electrons. The van der Waals surface area contributed by atoms with Crippen LogP contribution in [0.25, 0.3) is 0 Å². The summed E-state index contributed by atoms with van der Waals surface area (Å²) in [6.45, 7) is 4.04. The van der Waals surface area contributed by atoms with E-state index in [1.165, 1.54) is 32.1 Å². The number of hydrogen-bond acceptors (Lipinski definition) is 2. The summed E-state index contributed by atoms with van der Waals surface area (Å²) in [5, 5.41) is 0. The number of esters is 1. The van der Waals surface area contributed by atoms with E-state index in [1.54, 1.807) is 0 Å². The molecule has 0 aromatic rings. The minimum absolute atomic E-state index is 0.0283. The molecule has 0 aromatic carbocycles. The highest BCUT2D eigenvalue weighted by atomic mass is 16.5. The Kier molecular flexibility index (Phi) is 3.44. The van der Waals surface area contributed by atoms with Gasteiger partial charge in [-0.05, 0) is 50.4 Å². The number of carbonyl (C=O) groups excluding carboxylic acids is 1. The number of allylic oxidation sites excluding steroid dienone is 2. The van der Waals surface area contributed by atoms with E-state index in [1.807, 2.05) is 6.92 Å². The van der Waals surface area contributed by atoms with E-state index in [0.717, 1.165) is 18.8 Å². The Bertz CT molecular complexity index is 387. The Labute approximate surface area is 116 Å². The van der Waals surface area contributed by atoms with Crippen LogP contribution in [0.2, 0.25) is 0 Å². The van der Waals surface area contributed by atoms with Gasteiger partial charge in [0, 0.05) is 5.41 Å². The lowest BCUT2D eigenvalue weighted by molar-refractivity contribution is -0.166. The summed E-state index contributed by atoms with van der Waals surface area (Å²) in [5.41, 5.74) is 0.292. The number of carbonyl (C=O) groups is 1. The summed E-state index contributed by atoms with van der Waals surface area (Å²) in [6.07, 6.45) is 13.3. The molecule has 3 aliphatic carbocycles. The van der Waals surface area contributed by atoms with E-state index in [4.69, 9.17) is 4.74 Å². The molecule has 5 atom stereocenters. The third-order valence-corrected chi connectivity index (χ3v) is 5.83. The summed E-state index contributed by atoms with van der Waals surface area (Å²) in [4.78, 5) is 12.1. The molecule has 0 aromatic heterocycles. The van der Waals surface area contributed by atoms with Crippen LogP contribution in [0.15, 0.2) is 12.2 Å². The first-order valence-corrected chi connectivity index (χ1v) is 8.04. The number of fused-ring (bicyclic) bond motifs is 3. The maximum atomic E-state index is 12.1. The maximum Gasteiger partial charge on any atom is 0.308 e. The number of rotatable bonds is 3. The van der Waals surface area contributed by atoms with Crippen LogP contribution in [0.3, 0.4) is 0 Å². The summed E-state index contributed by atoms with van der Waals surface area (Å²) >= 11 is 0. The van der Waals surface area contributed by atoms with Gasteiger partial charge in [0.25, 0.3) is 0 Å². The summed E-state index contributed by atoms with van der Waals surface area (Å²) < 4.78 is 5.96. The van der Waals surface area contributed by atoms with Gasteiger partial charge in [0.2, 0.25) is 0 Å². The van der Waals surface area contributed by atoms with Gasteiger partial charge in [0.1, 0.15) is 6.10 Å². The van der Waals surface area contributed by atoms with Crippen LogP contribution in [-0.4, -0.2) is 12.1 Å². The first-order chi connectivity index (χ1) is 9.15. The average molecular weight is 262 g/mol. The highest BCUT2D eigenvalue weighted by molar-refractivity contribution is 5.72. The molecule has 0 N–H and O–H groups in total. The Hall–Kier alpha value is -0.790. The minimum atomic E-state index is 0.0283. The maximum absolute atomic E-state index is 12.1. The van der Waals surface area contributed by atoms with E-state index >= 15 is 0 Å². The summed E-state index contributed by atoms with van der Waals surface area (Å²) in [7, 11) is 0. The van der Waals surface area contributed by atoms with Gasteiger partial charge < -0.3 is 4.74 Å². The molecule has 0 amide bonds. The second-order valence-electron chi connectivity index (χ2n) is 6.91. The van der Waals surface area contributed by atoms with Crippen molar-refractivity contribution in [3.8, 4) is 0 Å². The van der Waals surface area contributed by atoms with E-state index in [-0.39, 0.29) is 18.0 Å². The zero-order valence-corrected chi connectivity index (χ0v) is 12.2. The third kappa shape index (κ3) is 2.13. The molecule has 1 spiro atoms. The van der Waals surface area contributed by atoms with Gasteiger partial charge in [-0.2, -0.15) is 0 Å². The van der Waals surface area contributed by atoms with Crippen molar-refractivity contribution in [1.29, 1.82) is 0 Å². The van der Waals surface area contributed by atoms with Crippen molar-refractivity contribution in [2.45, 2.75) is 64.9 Å². The van der Waals surface area contributed by atoms with Gasteiger partial charge in [-0.1, -0.05) is 32.4 Å². The molecule has 3 aliphatic rings. The SMILES string of the molecule is CCC(C)C(=O)OC1CCCCC12CC1C=CC2C1. The molecule has 0 saturated heterocycles. The molecule has 2 saturated carbocycles. The topological polar surface area (TPSA) is 26.3 Å². The summed E-state index contributed by atoms with van der Waals surface area (Å²) in [5.74, 6) is 1.51. The van der Waals surface area contributed by atoms with Crippen LogP contribution in [-0.2, 0) is 9.53 Å². The van der Waals surface area contributed by atoms with Gasteiger partial charge in [-0.25, -0.2) is 0 Å². The smallest absolute Gasteiger partial charge is 0.308 e. The molecule has 2 heteroatoms. The second-order valence-corrected chi connectivity index (χ2v) is 6.91. The molecule has 2 fully saturated rings. The van der Waals surface area contributed by atoms with Crippen molar-refractivity contribution in [1.82, 2.24) is 0 Å². The fraction of sp³-hybridized carbons (Fsp3) is 0.824. The molecule has 0 heterocycles. The van der Waals surface area contributed by atoms with Gasteiger partial charge in [-0.3, -0.25) is 4.79 Å². The summed E-state index contributed by atoms with van der Waals surface area (Å²) in [6, 6.07) is 0. The van der Waals surface area contributed by atoms with Crippen molar-refractivity contribution in [2.24, 2.45) is 23.2 Å². The quantitative estimate of drug-likeness (QED) is 0.565. The van der Waals surface area contributed by atoms with E-state index < -0.39 is 0 Å². The lowest BCUT2D eigenvalue weighted by Gasteiger charge is -2.45. The Morgan fingerprint density at radius 1 is 1.42 bits per heavy atom. The van der Waals surface area contributed by atoms with Crippen LogP contribution in [0.4, 0.5) is 0 Å². The van der Waals surface area contributed by atoms with Gasteiger partial charge in [0.15, 0.2) is 0 Å². The van der Waals surface area contributed by atoms with Crippen molar-refractivity contribution in [3.63, 3.8) is 0 Å². The number of ether oxygens (including phenoxy) is 1. The third-order valence-electron chi connectivity index (χ3n) is 5.83. The van der Waals surface area contributed by atoms with Gasteiger partial charge in [-0.15, -0.1) is 0 Å². The fourth-order valence-electron chi connectivity index (χ4n) is 4.48. The molecule has 19 heavy (non-hydrogen) atoms. The fourth-order valence-corrected chi connectivity index (χ4v) is 4.48. The van der Waals surface area contributed by atoms with E-state index in [0.29, 0.717) is 11.3 Å². The van der Waals surface area contributed by atoms with Crippen LogP contribution in [0.5, 0.6) is 0 Å². The van der Waals surface area contributed by atoms with Gasteiger partial charge >= 0.3 is 5.97 Å². The minimum Gasteiger partial charge on any atom is -0.462 e. The molecular formula is C17H26O2. The van der Waals surface area contributed by atoms with Crippen molar-refractivity contribution in [3.05, 3.63) is 12.2 Å². The van der Waals surface area contributed by atoms with Crippen LogP contribution >= 0.6 is 0 Å². The number of hydrogen-bond donors (Lipinski definition) is 0. The van der Waals surface area contributed by atoms with Gasteiger partial charge in [0.05, 0.1) is 5.92 Å². The lowest BCUT2D eigenvalue weighted by Crippen LogP contribution is -2.44. The zero-order valence-electron chi connectivity index (χ0n) is 12.2. The molecule has 2 nitrogen and oxygen atoms in total. The normalized spacial score (nSPS) is 41.7. The van der Waals surface area contributed by atoms with Crippen molar-refractivity contribution in [2.75, 3.05) is 0 Å². The lowest BCUT2D eigenvalue weighted by atomic mass is 9.64. The predicted octanol–water partition coefficient (Wildman–Crippen LogP) is 4.10. The highest BCUT2D eigenvalue weighted by Gasteiger charge is 2.54. The van der Waals surface area contributed by atoms with E-state index in [9.17, 15) is 4.79 Å². The predicted molar refractivity (Wildman–Crippen MR) is 75.6 cm³/mol. The van der Waals surface area contributed by atoms with Crippen molar-refractivity contribution >= 4 is 5.97 Å². The standard InChI is InChI=1S/C17H26O2/c1-3-12(2)16(18)19-15-6-4-5-9-17(15)11-13-7-8-14(17)10-13/h7-8,12-15H,3-6,9-11H2,1-2H3. The Morgan fingerprint density at radius 2 is 2.26 bits per heavy atom.